The van der Waals surface area contributed by atoms with Gasteiger partial charge < -0.3 is 10.2 Å². The molecular weight excluding hydrogens is 452 g/mol. The largest absolute Gasteiger partial charge is 0.344 e. The summed E-state index contributed by atoms with van der Waals surface area (Å²) < 4.78 is 0. The molecule has 2 aliphatic rings. The lowest BCUT2D eigenvalue weighted by Gasteiger charge is -2.43. The minimum absolute atomic E-state index is 0.0338. The molecule has 0 aliphatic carbocycles. The Hall–Kier alpha value is -0.270. The molecule has 2 saturated heterocycles. The first-order valence-electron chi connectivity index (χ1n) is 8.86. The third kappa shape index (κ3) is 4.67. The lowest BCUT2D eigenvalue weighted by molar-refractivity contribution is -0.144. The van der Waals surface area contributed by atoms with Crippen LogP contribution in [0.15, 0.2) is 11.6 Å². The van der Waals surface area contributed by atoms with Crippen molar-refractivity contribution >= 4 is 69.6 Å². The zero-order chi connectivity index (χ0) is 19.7. The van der Waals surface area contributed by atoms with Crippen LogP contribution >= 0.6 is 57.7 Å². The van der Waals surface area contributed by atoms with E-state index >= 15 is 0 Å². The minimum Gasteiger partial charge on any atom is -0.344 e. The number of aromatic nitrogens is 1. The predicted molar refractivity (Wildman–Crippen MR) is 110 cm³/mol. The van der Waals surface area contributed by atoms with Gasteiger partial charge in [-0.25, -0.2) is 4.98 Å². The Balaban J connectivity index is 1.77. The second kappa shape index (κ2) is 9.04. The summed E-state index contributed by atoms with van der Waals surface area (Å²) >= 11 is 25.7. The third-order valence-corrected chi connectivity index (χ3v) is 7.70. The highest BCUT2D eigenvalue weighted by molar-refractivity contribution is 7.09. The van der Waals surface area contributed by atoms with E-state index in [4.69, 9.17) is 46.4 Å². The molecule has 5 atom stereocenters. The molecule has 0 aromatic carbocycles. The number of piperidine rings is 1. The van der Waals surface area contributed by atoms with Crippen LogP contribution < -0.4 is 5.32 Å². The summed E-state index contributed by atoms with van der Waals surface area (Å²) in [7, 11) is 0. The molecular formula is C17H21Cl4N3O2S. The van der Waals surface area contributed by atoms with Crippen molar-refractivity contribution in [3.63, 3.8) is 0 Å². The van der Waals surface area contributed by atoms with E-state index in [1.165, 1.54) is 11.3 Å². The van der Waals surface area contributed by atoms with E-state index < -0.39 is 15.7 Å². The molecule has 1 aromatic heterocycles. The van der Waals surface area contributed by atoms with Gasteiger partial charge in [0.05, 0.1) is 6.04 Å². The van der Waals surface area contributed by atoms with E-state index in [1.54, 1.807) is 13.1 Å². The molecule has 2 aliphatic heterocycles. The summed E-state index contributed by atoms with van der Waals surface area (Å²) in [4.78, 5) is 30.5. The average Bonchev–Trinajstić information content (AvgIpc) is 3.25. The molecule has 0 radical (unpaired) electrons. The van der Waals surface area contributed by atoms with Crippen LogP contribution in [-0.4, -0.2) is 43.5 Å². The number of hydrogen-bond acceptors (Lipinski definition) is 4. The maximum Gasteiger partial charge on any atom is 0.246 e. The molecule has 2 fully saturated rings. The second-order valence-electron chi connectivity index (χ2n) is 7.15. The number of halogens is 4. The van der Waals surface area contributed by atoms with E-state index in [0.717, 1.165) is 17.8 Å². The predicted octanol–water partition coefficient (Wildman–Crippen LogP) is 4.31. The molecule has 27 heavy (non-hydrogen) atoms. The standard InChI is InChI=1S/C17H21Cl4N3O2S/c1-8(14(18)19)6-13(25)23-10-7-9(15(20)21)11-2-3-12(24(11)17(10)26)16-22-4-5-27-16/h4-5,8-12,14-15H,2-3,6-7H2,1H3,(H,23,25). The Morgan fingerprint density at radius 2 is 2.11 bits per heavy atom. The molecule has 2 amide bonds. The fourth-order valence-electron chi connectivity index (χ4n) is 3.95. The van der Waals surface area contributed by atoms with E-state index in [9.17, 15) is 9.59 Å². The van der Waals surface area contributed by atoms with Gasteiger partial charge in [0.2, 0.25) is 11.8 Å². The molecule has 0 spiro atoms. The first-order valence-corrected chi connectivity index (χ1v) is 11.5. The van der Waals surface area contributed by atoms with Crippen LogP contribution in [0.5, 0.6) is 0 Å². The number of nitrogens with zero attached hydrogens (tertiary/aromatic N) is 2. The zero-order valence-electron chi connectivity index (χ0n) is 14.7. The highest BCUT2D eigenvalue weighted by atomic mass is 35.5. The summed E-state index contributed by atoms with van der Waals surface area (Å²) in [6.45, 7) is 1.79. The molecule has 150 valence electrons. The molecule has 10 heteroatoms. The molecule has 3 heterocycles. The number of nitrogens with one attached hydrogen (secondary N) is 1. The van der Waals surface area contributed by atoms with Crippen molar-refractivity contribution in [2.24, 2.45) is 11.8 Å². The Morgan fingerprint density at radius 3 is 2.70 bits per heavy atom. The van der Waals surface area contributed by atoms with Crippen LogP contribution in [0.25, 0.3) is 0 Å². The van der Waals surface area contributed by atoms with Crippen LogP contribution in [0.2, 0.25) is 0 Å². The fraction of sp³-hybridized carbons (Fsp3) is 0.706. The van der Waals surface area contributed by atoms with Gasteiger partial charge in [0.15, 0.2) is 0 Å². The van der Waals surface area contributed by atoms with Gasteiger partial charge in [-0.05, 0) is 25.2 Å². The smallest absolute Gasteiger partial charge is 0.246 e. The van der Waals surface area contributed by atoms with Crippen molar-refractivity contribution in [1.82, 2.24) is 15.2 Å². The number of amides is 2. The topological polar surface area (TPSA) is 62.3 Å². The number of fused-ring (bicyclic) bond motifs is 1. The first-order chi connectivity index (χ1) is 12.8. The van der Waals surface area contributed by atoms with Gasteiger partial charge in [0, 0.05) is 30.0 Å². The van der Waals surface area contributed by atoms with Crippen LogP contribution in [0.3, 0.4) is 0 Å². The lowest BCUT2D eigenvalue weighted by atomic mass is 9.87. The molecule has 0 saturated carbocycles. The molecule has 5 unspecified atom stereocenters. The maximum atomic E-state index is 13.2. The highest BCUT2D eigenvalue weighted by Crippen LogP contribution is 2.46. The monoisotopic (exact) mass is 471 g/mol. The number of alkyl halides is 4. The molecule has 3 rings (SSSR count). The van der Waals surface area contributed by atoms with Crippen LogP contribution in [-0.2, 0) is 9.59 Å². The number of carbonyl (C=O) groups excluding carboxylic acids is 2. The number of thiazole rings is 1. The van der Waals surface area contributed by atoms with Gasteiger partial charge in [0.1, 0.15) is 20.7 Å². The van der Waals surface area contributed by atoms with Crippen molar-refractivity contribution in [2.45, 2.75) is 60.4 Å². The van der Waals surface area contributed by atoms with Gasteiger partial charge >= 0.3 is 0 Å². The van der Waals surface area contributed by atoms with Gasteiger partial charge in [-0.3, -0.25) is 9.59 Å². The molecule has 5 nitrogen and oxygen atoms in total. The SMILES string of the molecule is CC(CC(=O)NC1CC(C(Cl)Cl)C2CCC(c3nccs3)N2C1=O)C(Cl)Cl. The molecule has 1 aromatic rings. The normalized spacial score (nSPS) is 29.3. The van der Waals surface area contributed by atoms with E-state index in [-0.39, 0.29) is 42.2 Å². The summed E-state index contributed by atoms with van der Waals surface area (Å²) in [6, 6.07) is -0.782. The molecule has 1 N–H and O–H groups in total. The van der Waals surface area contributed by atoms with Gasteiger partial charge in [0.25, 0.3) is 0 Å². The Kier molecular flexibility index (Phi) is 7.18. The van der Waals surface area contributed by atoms with Gasteiger partial charge in [-0.2, -0.15) is 0 Å². The van der Waals surface area contributed by atoms with Crippen LogP contribution in [0.1, 0.15) is 43.7 Å². The zero-order valence-corrected chi connectivity index (χ0v) is 18.5. The van der Waals surface area contributed by atoms with Crippen molar-refractivity contribution in [2.75, 3.05) is 0 Å². The lowest BCUT2D eigenvalue weighted by Crippen LogP contribution is -2.59. The highest BCUT2D eigenvalue weighted by Gasteiger charge is 2.51. The van der Waals surface area contributed by atoms with Gasteiger partial charge in [-0.15, -0.1) is 57.7 Å². The number of hydrogen-bond donors (Lipinski definition) is 1. The van der Waals surface area contributed by atoms with E-state index in [1.807, 2.05) is 10.3 Å². The van der Waals surface area contributed by atoms with Gasteiger partial charge in [-0.1, -0.05) is 6.92 Å². The third-order valence-electron chi connectivity index (χ3n) is 5.32. The van der Waals surface area contributed by atoms with Crippen LogP contribution in [0, 0.1) is 11.8 Å². The van der Waals surface area contributed by atoms with E-state index in [2.05, 4.69) is 10.3 Å². The van der Waals surface area contributed by atoms with Crippen LogP contribution in [0.4, 0.5) is 0 Å². The first kappa shape index (κ1) is 21.4. The quantitative estimate of drug-likeness (QED) is 0.627. The Labute approximate surface area is 182 Å². The summed E-state index contributed by atoms with van der Waals surface area (Å²) in [6.07, 6.45) is 3.96. The summed E-state index contributed by atoms with van der Waals surface area (Å²) in [5, 5.41) is 5.64. The Morgan fingerprint density at radius 1 is 1.37 bits per heavy atom. The van der Waals surface area contributed by atoms with Crippen molar-refractivity contribution in [1.29, 1.82) is 0 Å². The molecule has 0 bridgehead atoms. The number of rotatable bonds is 6. The van der Waals surface area contributed by atoms with E-state index in [0.29, 0.717) is 6.42 Å². The fourth-order valence-corrected chi connectivity index (χ4v) is 5.44. The summed E-state index contributed by atoms with van der Waals surface area (Å²) in [5.74, 6) is -0.668. The van der Waals surface area contributed by atoms with Crippen molar-refractivity contribution in [3.8, 4) is 0 Å². The van der Waals surface area contributed by atoms with Crippen molar-refractivity contribution < 1.29 is 9.59 Å². The minimum atomic E-state index is -0.657. The maximum absolute atomic E-state index is 13.2. The second-order valence-corrected chi connectivity index (χ2v) is 10.4. The van der Waals surface area contributed by atoms with Crippen molar-refractivity contribution in [3.05, 3.63) is 16.6 Å². The summed E-state index contributed by atoms with van der Waals surface area (Å²) in [5.41, 5.74) is 0. The Bertz CT molecular complexity index is 673. The number of carbonyl (C=O) groups is 2. The average molecular weight is 473 g/mol.